The largest absolute Gasteiger partial charge is 0.497 e. The lowest BCUT2D eigenvalue weighted by Gasteiger charge is -2.34. The maximum Gasteiger partial charge on any atom is 0.321 e. The Hall–Kier alpha value is -2.24. The average molecular weight is 360 g/mol. The van der Waals surface area contributed by atoms with E-state index < -0.39 is 0 Å². The summed E-state index contributed by atoms with van der Waals surface area (Å²) >= 11 is 5.92. The highest BCUT2D eigenvalue weighted by atomic mass is 35.5. The molecule has 1 aliphatic heterocycles. The summed E-state index contributed by atoms with van der Waals surface area (Å²) in [6.07, 6.45) is 0. The Bertz CT molecular complexity index is 696. The van der Waals surface area contributed by atoms with Gasteiger partial charge in [-0.25, -0.2) is 4.79 Å². The molecule has 0 aliphatic carbocycles. The van der Waals surface area contributed by atoms with Crippen molar-refractivity contribution in [1.82, 2.24) is 9.80 Å². The summed E-state index contributed by atoms with van der Waals surface area (Å²) in [5, 5.41) is 3.69. The van der Waals surface area contributed by atoms with Crippen molar-refractivity contribution in [3.8, 4) is 5.75 Å². The number of hydrogen-bond donors (Lipinski definition) is 1. The third-order valence-corrected chi connectivity index (χ3v) is 4.57. The van der Waals surface area contributed by atoms with Gasteiger partial charge in [0, 0.05) is 43.4 Å². The van der Waals surface area contributed by atoms with Gasteiger partial charge in [0.15, 0.2) is 0 Å². The highest BCUT2D eigenvalue weighted by molar-refractivity contribution is 6.30. The number of nitrogens with one attached hydrogen (secondary N) is 1. The van der Waals surface area contributed by atoms with Crippen LogP contribution in [0.2, 0.25) is 5.02 Å². The standard InChI is InChI=1S/C19H22ClN3O2/c1-25-18-8-6-17(7-9-18)21-19(24)23-12-10-22(11-13-23)14-15-2-4-16(20)5-3-15/h2-9H,10-14H2,1H3,(H,21,24). The highest BCUT2D eigenvalue weighted by Gasteiger charge is 2.21. The van der Waals surface area contributed by atoms with E-state index in [4.69, 9.17) is 16.3 Å². The van der Waals surface area contributed by atoms with E-state index in [9.17, 15) is 4.79 Å². The molecule has 6 heteroatoms. The first kappa shape index (κ1) is 17.6. The number of halogens is 1. The molecule has 132 valence electrons. The van der Waals surface area contributed by atoms with E-state index in [1.165, 1.54) is 5.56 Å². The zero-order valence-electron chi connectivity index (χ0n) is 14.2. The molecule has 2 amide bonds. The summed E-state index contributed by atoms with van der Waals surface area (Å²) in [5.41, 5.74) is 2.01. The van der Waals surface area contributed by atoms with Crippen molar-refractivity contribution in [2.45, 2.75) is 6.54 Å². The van der Waals surface area contributed by atoms with E-state index >= 15 is 0 Å². The number of ether oxygens (including phenoxy) is 1. The summed E-state index contributed by atoms with van der Waals surface area (Å²) in [6, 6.07) is 15.2. The van der Waals surface area contributed by atoms with Gasteiger partial charge in [0.05, 0.1) is 7.11 Å². The monoisotopic (exact) mass is 359 g/mol. The predicted octanol–water partition coefficient (Wildman–Crippen LogP) is 3.70. The molecule has 2 aromatic carbocycles. The van der Waals surface area contributed by atoms with Crippen LogP contribution in [0.15, 0.2) is 48.5 Å². The topological polar surface area (TPSA) is 44.8 Å². The molecule has 1 heterocycles. The molecule has 0 radical (unpaired) electrons. The minimum atomic E-state index is -0.0590. The van der Waals surface area contributed by atoms with Crippen molar-refractivity contribution in [3.05, 3.63) is 59.1 Å². The first-order valence-corrected chi connectivity index (χ1v) is 8.68. The smallest absolute Gasteiger partial charge is 0.321 e. The maximum atomic E-state index is 12.4. The predicted molar refractivity (Wildman–Crippen MR) is 100 cm³/mol. The minimum Gasteiger partial charge on any atom is -0.497 e. The molecule has 0 atom stereocenters. The molecule has 25 heavy (non-hydrogen) atoms. The molecule has 0 unspecified atom stereocenters. The normalized spacial score (nSPS) is 15.0. The molecule has 5 nitrogen and oxygen atoms in total. The summed E-state index contributed by atoms with van der Waals surface area (Å²) in [6.45, 7) is 4.04. The zero-order valence-corrected chi connectivity index (χ0v) is 15.0. The van der Waals surface area contributed by atoms with Crippen molar-refractivity contribution in [2.24, 2.45) is 0 Å². The number of piperazine rings is 1. The van der Waals surface area contributed by atoms with Crippen molar-refractivity contribution < 1.29 is 9.53 Å². The second-order valence-corrected chi connectivity index (χ2v) is 6.48. The second-order valence-electron chi connectivity index (χ2n) is 6.05. The van der Waals surface area contributed by atoms with Crippen LogP contribution >= 0.6 is 11.6 Å². The summed E-state index contributed by atoms with van der Waals surface area (Å²) in [5.74, 6) is 0.772. The Kier molecular flexibility index (Phi) is 5.79. The maximum absolute atomic E-state index is 12.4. The molecule has 1 N–H and O–H groups in total. The molecule has 0 aromatic heterocycles. The Morgan fingerprint density at radius 2 is 1.68 bits per heavy atom. The summed E-state index contributed by atoms with van der Waals surface area (Å²) in [7, 11) is 1.62. The fourth-order valence-corrected chi connectivity index (χ4v) is 2.96. The first-order chi connectivity index (χ1) is 12.1. The molecule has 0 saturated carbocycles. The number of methoxy groups -OCH3 is 1. The number of carbonyl (C=O) groups is 1. The quantitative estimate of drug-likeness (QED) is 0.905. The summed E-state index contributed by atoms with van der Waals surface area (Å²) < 4.78 is 5.12. The van der Waals surface area contributed by atoms with Crippen LogP contribution in [0.5, 0.6) is 5.75 Å². The highest BCUT2D eigenvalue weighted by Crippen LogP contribution is 2.16. The lowest BCUT2D eigenvalue weighted by molar-refractivity contribution is 0.143. The van der Waals surface area contributed by atoms with E-state index in [-0.39, 0.29) is 6.03 Å². The number of hydrogen-bond acceptors (Lipinski definition) is 3. The van der Waals surface area contributed by atoms with Gasteiger partial charge in [0.25, 0.3) is 0 Å². The number of nitrogens with zero attached hydrogens (tertiary/aromatic N) is 2. The molecule has 2 aromatic rings. The fraction of sp³-hybridized carbons (Fsp3) is 0.316. The van der Waals surface area contributed by atoms with Crippen LogP contribution in [0.1, 0.15) is 5.56 Å². The fourth-order valence-electron chi connectivity index (χ4n) is 2.83. The van der Waals surface area contributed by atoms with Crippen molar-refractivity contribution in [1.29, 1.82) is 0 Å². The molecule has 1 fully saturated rings. The SMILES string of the molecule is COc1ccc(NC(=O)N2CCN(Cc3ccc(Cl)cc3)CC2)cc1. The number of carbonyl (C=O) groups excluding carboxylic acids is 1. The van der Waals surface area contributed by atoms with Gasteiger partial charge in [0.1, 0.15) is 5.75 Å². The zero-order chi connectivity index (χ0) is 17.6. The van der Waals surface area contributed by atoms with Gasteiger partial charge < -0.3 is 15.0 Å². The first-order valence-electron chi connectivity index (χ1n) is 8.31. The van der Waals surface area contributed by atoms with Crippen LogP contribution in [0.25, 0.3) is 0 Å². The van der Waals surface area contributed by atoms with Crippen molar-refractivity contribution in [2.75, 3.05) is 38.6 Å². The lowest BCUT2D eigenvalue weighted by Crippen LogP contribution is -2.49. The van der Waals surface area contributed by atoms with Gasteiger partial charge in [-0.15, -0.1) is 0 Å². The van der Waals surface area contributed by atoms with E-state index in [0.29, 0.717) is 0 Å². The molecular weight excluding hydrogens is 338 g/mol. The van der Waals surface area contributed by atoms with Crippen LogP contribution < -0.4 is 10.1 Å². The van der Waals surface area contributed by atoms with Crippen LogP contribution in [-0.2, 0) is 6.54 Å². The molecular formula is C19H22ClN3O2. The van der Waals surface area contributed by atoms with Gasteiger partial charge >= 0.3 is 6.03 Å². The van der Waals surface area contributed by atoms with Gasteiger partial charge in [-0.05, 0) is 42.0 Å². The van der Waals surface area contributed by atoms with Crippen LogP contribution in [-0.4, -0.2) is 49.1 Å². The Balaban J connectivity index is 1.47. The van der Waals surface area contributed by atoms with E-state index in [2.05, 4.69) is 10.2 Å². The number of urea groups is 1. The van der Waals surface area contributed by atoms with Gasteiger partial charge in [-0.3, -0.25) is 4.90 Å². The van der Waals surface area contributed by atoms with Gasteiger partial charge in [0.2, 0.25) is 0 Å². The number of benzene rings is 2. The molecule has 1 saturated heterocycles. The number of anilines is 1. The van der Waals surface area contributed by atoms with Crippen molar-refractivity contribution >= 4 is 23.3 Å². The van der Waals surface area contributed by atoms with E-state index in [0.717, 1.165) is 49.2 Å². The van der Waals surface area contributed by atoms with Gasteiger partial charge in [-0.1, -0.05) is 23.7 Å². The third-order valence-electron chi connectivity index (χ3n) is 4.32. The third kappa shape index (κ3) is 4.87. The van der Waals surface area contributed by atoms with E-state index in [1.54, 1.807) is 7.11 Å². The summed E-state index contributed by atoms with van der Waals surface area (Å²) in [4.78, 5) is 16.6. The Morgan fingerprint density at radius 3 is 2.28 bits per heavy atom. The minimum absolute atomic E-state index is 0.0590. The van der Waals surface area contributed by atoms with Crippen LogP contribution in [0, 0.1) is 0 Å². The Labute approximate surface area is 153 Å². The van der Waals surface area contributed by atoms with Crippen LogP contribution in [0.4, 0.5) is 10.5 Å². The number of amides is 2. The molecule has 1 aliphatic rings. The van der Waals surface area contributed by atoms with Crippen LogP contribution in [0.3, 0.4) is 0 Å². The number of rotatable bonds is 4. The Morgan fingerprint density at radius 1 is 1.04 bits per heavy atom. The van der Waals surface area contributed by atoms with E-state index in [1.807, 2.05) is 53.4 Å². The molecule has 0 bridgehead atoms. The second kappa shape index (κ2) is 8.23. The average Bonchev–Trinajstić information content (AvgIpc) is 2.65. The van der Waals surface area contributed by atoms with Gasteiger partial charge in [-0.2, -0.15) is 0 Å². The molecule has 0 spiro atoms. The van der Waals surface area contributed by atoms with Crippen molar-refractivity contribution in [3.63, 3.8) is 0 Å². The molecule has 3 rings (SSSR count). The lowest BCUT2D eigenvalue weighted by atomic mass is 10.2.